The molecule has 7 heteroatoms. The van der Waals surface area contributed by atoms with Gasteiger partial charge in [-0.05, 0) is 30.7 Å². The number of thioether (sulfide) groups is 1. The standard InChI is InChI=1S/C20H21N3O3S/c1-14-6-4-5-7-16(14)22-19(24)13-27-20-21-10-11-23(20)17-9-8-15(25-2)12-18(17)26-3/h4-12H,13H2,1-3H3,(H,22,24). The molecule has 0 atom stereocenters. The number of methoxy groups -OCH3 is 2. The number of rotatable bonds is 7. The van der Waals surface area contributed by atoms with E-state index in [-0.39, 0.29) is 11.7 Å². The van der Waals surface area contributed by atoms with Crippen molar-refractivity contribution in [1.82, 2.24) is 9.55 Å². The lowest BCUT2D eigenvalue weighted by Crippen LogP contribution is -2.15. The van der Waals surface area contributed by atoms with Gasteiger partial charge in [0.2, 0.25) is 5.91 Å². The molecule has 0 aliphatic carbocycles. The molecule has 1 N–H and O–H groups in total. The lowest BCUT2D eigenvalue weighted by molar-refractivity contribution is -0.113. The molecular formula is C20H21N3O3S. The topological polar surface area (TPSA) is 65.4 Å². The van der Waals surface area contributed by atoms with E-state index in [0.29, 0.717) is 16.7 Å². The van der Waals surface area contributed by atoms with E-state index in [2.05, 4.69) is 10.3 Å². The van der Waals surface area contributed by atoms with Crippen molar-refractivity contribution in [2.45, 2.75) is 12.1 Å². The predicted octanol–water partition coefficient (Wildman–Crippen LogP) is 3.93. The zero-order chi connectivity index (χ0) is 19.2. The first-order chi connectivity index (χ1) is 13.1. The van der Waals surface area contributed by atoms with Crippen molar-refractivity contribution in [2.24, 2.45) is 0 Å². The van der Waals surface area contributed by atoms with Gasteiger partial charge in [0.15, 0.2) is 5.16 Å². The van der Waals surface area contributed by atoms with Gasteiger partial charge in [0.05, 0.1) is 25.7 Å². The van der Waals surface area contributed by atoms with Crippen LogP contribution in [0.5, 0.6) is 11.5 Å². The average molecular weight is 383 g/mol. The van der Waals surface area contributed by atoms with Crippen molar-refractivity contribution < 1.29 is 14.3 Å². The van der Waals surface area contributed by atoms with Gasteiger partial charge in [0.1, 0.15) is 11.5 Å². The van der Waals surface area contributed by atoms with Crippen LogP contribution in [0.1, 0.15) is 5.56 Å². The number of nitrogens with one attached hydrogen (secondary N) is 1. The number of imidazole rings is 1. The van der Waals surface area contributed by atoms with Crippen molar-refractivity contribution in [3.63, 3.8) is 0 Å². The van der Waals surface area contributed by atoms with Crippen molar-refractivity contribution in [1.29, 1.82) is 0 Å². The fourth-order valence-corrected chi connectivity index (χ4v) is 3.36. The Labute approximate surface area is 162 Å². The van der Waals surface area contributed by atoms with E-state index in [4.69, 9.17) is 9.47 Å². The van der Waals surface area contributed by atoms with Crippen molar-refractivity contribution in [3.8, 4) is 17.2 Å². The van der Waals surface area contributed by atoms with Crippen LogP contribution in [0.4, 0.5) is 5.69 Å². The second-order valence-electron chi connectivity index (χ2n) is 5.77. The van der Waals surface area contributed by atoms with Gasteiger partial charge >= 0.3 is 0 Å². The van der Waals surface area contributed by atoms with E-state index in [9.17, 15) is 4.79 Å². The van der Waals surface area contributed by atoms with Crippen LogP contribution >= 0.6 is 11.8 Å². The maximum absolute atomic E-state index is 12.3. The first-order valence-corrected chi connectivity index (χ1v) is 9.35. The van der Waals surface area contributed by atoms with Gasteiger partial charge in [-0.3, -0.25) is 9.36 Å². The fraction of sp³-hybridized carbons (Fsp3) is 0.200. The molecule has 0 saturated heterocycles. The lowest BCUT2D eigenvalue weighted by atomic mass is 10.2. The zero-order valence-corrected chi connectivity index (χ0v) is 16.2. The molecule has 0 unspecified atom stereocenters. The van der Waals surface area contributed by atoms with Crippen LogP contribution in [0.3, 0.4) is 0 Å². The van der Waals surface area contributed by atoms with E-state index in [1.165, 1.54) is 11.8 Å². The summed E-state index contributed by atoms with van der Waals surface area (Å²) in [5.74, 6) is 1.55. The highest BCUT2D eigenvalue weighted by atomic mass is 32.2. The molecule has 3 aromatic rings. The molecule has 27 heavy (non-hydrogen) atoms. The van der Waals surface area contributed by atoms with Gasteiger partial charge in [0.25, 0.3) is 0 Å². The quantitative estimate of drug-likeness (QED) is 0.626. The Morgan fingerprint density at radius 1 is 1.19 bits per heavy atom. The van der Waals surface area contributed by atoms with E-state index in [0.717, 1.165) is 16.9 Å². The van der Waals surface area contributed by atoms with Crippen LogP contribution in [0, 0.1) is 6.92 Å². The maximum Gasteiger partial charge on any atom is 0.234 e. The number of aromatic nitrogens is 2. The number of amides is 1. The third-order valence-corrected chi connectivity index (χ3v) is 4.97. The van der Waals surface area contributed by atoms with E-state index in [1.807, 2.05) is 60.2 Å². The Kier molecular flexibility index (Phi) is 6.03. The first-order valence-electron chi connectivity index (χ1n) is 8.36. The van der Waals surface area contributed by atoms with E-state index in [1.54, 1.807) is 20.4 Å². The summed E-state index contributed by atoms with van der Waals surface area (Å²) in [5.41, 5.74) is 2.68. The fourth-order valence-electron chi connectivity index (χ4n) is 2.59. The number of nitrogens with zero attached hydrogens (tertiary/aromatic N) is 2. The molecule has 1 heterocycles. The monoisotopic (exact) mass is 383 g/mol. The molecule has 0 fully saturated rings. The van der Waals surface area contributed by atoms with Crippen LogP contribution in [-0.4, -0.2) is 35.4 Å². The minimum absolute atomic E-state index is 0.0782. The summed E-state index contributed by atoms with van der Waals surface area (Å²) in [7, 11) is 3.22. The Morgan fingerprint density at radius 3 is 2.74 bits per heavy atom. The predicted molar refractivity (Wildman–Crippen MR) is 107 cm³/mol. The minimum atomic E-state index is -0.0782. The maximum atomic E-state index is 12.3. The number of aryl methyl sites for hydroxylation is 1. The molecule has 0 saturated carbocycles. The smallest absolute Gasteiger partial charge is 0.234 e. The van der Waals surface area contributed by atoms with Crippen molar-refractivity contribution in [2.75, 3.05) is 25.3 Å². The van der Waals surface area contributed by atoms with Crippen LogP contribution in [-0.2, 0) is 4.79 Å². The van der Waals surface area contributed by atoms with Gasteiger partial charge in [-0.2, -0.15) is 0 Å². The molecule has 0 aliphatic rings. The zero-order valence-electron chi connectivity index (χ0n) is 15.4. The van der Waals surface area contributed by atoms with Crippen LogP contribution < -0.4 is 14.8 Å². The summed E-state index contributed by atoms with van der Waals surface area (Å²) in [6.07, 6.45) is 3.54. The molecule has 140 valence electrons. The van der Waals surface area contributed by atoms with Gasteiger partial charge in [-0.15, -0.1) is 0 Å². The number of anilines is 1. The second-order valence-corrected chi connectivity index (χ2v) is 6.71. The second kappa shape index (κ2) is 8.64. The Hall–Kier alpha value is -2.93. The van der Waals surface area contributed by atoms with Crippen molar-refractivity contribution >= 4 is 23.4 Å². The van der Waals surface area contributed by atoms with Crippen molar-refractivity contribution in [3.05, 3.63) is 60.4 Å². The summed E-state index contributed by atoms with van der Waals surface area (Å²) in [6, 6.07) is 13.3. The van der Waals surface area contributed by atoms with Crippen LogP contribution in [0.15, 0.2) is 60.0 Å². The highest BCUT2D eigenvalue weighted by Crippen LogP contribution is 2.30. The number of carbonyl (C=O) groups excluding carboxylic acids is 1. The molecule has 1 aromatic heterocycles. The average Bonchev–Trinajstić information content (AvgIpc) is 3.16. The summed E-state index contributed by atoms with van der Waals surface area (Å²) < 4.78 is 12.6. The number of para-hydroxylation sites is 1. The SMILES string of the molecule is COc1ccc(-n2ccnc2SCC(=O)Nc2ccccc2C)c(OC)c1. The van der Waals surface area contributed by atoms with Gasteiger partial charge in [-0.25, -0.2) is 4.98 Å². The molecule has 0 spiro atoms. The molecular weight excluding hydrogens is 362 g/mol. The third-order valence-electron chi connectivity index (χ3n) is 4.00. The van der Waals surface area contributed by atoms with Crippen LogP contribution in [0.25, 0.3) is 5.69 Å². The van der Waals surface area contributed by atoms with Gasteiger partial charge in [-0.1, -0.05) is 30.0 Å². The van der Waals surface area contributed by atoms with Crippen LogP contribution in [0.2, 0.25) is 0 Å². The summed E-state index contributed by atoms with van der Waals surface area (Å²) >= 11 is 1.36. The largest absolute Gasteiger partial charge is 0.497 e. The number of carbonyl (C=O) groups is 1. The summed E-state index contributed by atoms with van der Waals surface area (Å²) in [6.45, 7) is 1.96. The molecule has 2 aromatic carbocycles. The molecule has 3 rings (SSSR count). The number of ether oxygens (including phenoxy) is 2. The van der Waals surface area contributed by atoms with Gasteiger partial charge in [0, 0.05) is 24.1 Å². The molecule has 0 bridgehead atoms. The Balaban J connectivity index is 1.72. The molecule has 0 radical (unpaired) electrons. The normalized spacial score (nSPS) is 10.5. The molecule has 1 amide bonds. The molecule has 6 nitrogen and oxygen atoms in total. The highest BCUT2D eigenvalue weighted by molar-refractivity contribution is 7.99. The Morgan fingerprint density at radius 2 is 2.00 bits per heavy atom. The summed E-state index contributed by atoms with van der Waals surface area (Å²) in [5, 5.41) is 3.64. The number of hydrogen-bond donors (Lipinski definition) is 1. The Bertz CT molecular complexity index is 940. The molecule has 0 aliphatic heterocycles. The summed E-state index contributed by atoms with van der Waals surface area (Å²) in [4.78, 5) is 16.7. The van der Waals surface area contributed by atoms with E-state index >= 15 is 0 Å². The third kappa shape index (κ3) is 4.43. The number of hydrogen-bond acceptors (Lipinski definition) is 5. The number of benzene rings is 2. The highest BCUT2D eigenvalue weighted by Gasteiger charge is 2.13. The lowest BCUT2D eigenvalue weighted by Gasteiger charge is -2.13. The van der Waals surface area contributed by atoms with E-state index < -0.39 is 0 Å². The van der Waals surface area contributed by atoms with Gasteiger partial charge < -0.3 is 14.8 Å². The first kappa shape index (κ1) is 18.8. The minimum Gasteiger partial charge on any atom is -0.497 e.